The standard InChI is InChI=1S/C19H12ClF3N4O3S/c20-12-7-10(1-3-13(12)21)29-9-27-6-5-15(26-27)17(28)25-19-24-14-4-2-11(30-18(22)23)8-16(14)31-19/h1-8,18H,9H2,(H,24,25,28). The molecule has 0 aliphatic rings. The lowest BCUT2D eigenvalue weighted by molar-refractivity contribution is -0.0497. The third-order valence-corrected chi connectivity index (χ3v) is 5.16. The number of carbonyl (C=O) groups is 1. The van der Waals surface area contributed by atoms with Gasteiger partial charge in [-0.05, 0) is 36.4 Å². The number of amides is 1. The first-order valence-corrected chi connectivity index (χ1v) is 9.85. The molecule has 1 amide bonds. The van der Waals surface area contributed by atoms with E-state index in [0.717, 1.165) is 11.3 Å². The van der Waals surface area contributed by atoms with Gasteiger partial charge in [-0.25, -0.2) is 14.1 Å². The number of nitrogens with one attached hydrogen (secondary N) is 1. The number of benzene rings is 2. The van der Waals surface area contributed by atoms with Gasteiger partial charge < -0.3 is 9.47 Å². The summed E-state index contributed by atoms with van der Waals surface area (Å²) in [6, 6.07) is 9.73. The molecule has 0 aliphatic carbocycles. The highest BCUT2D eigenvalue weighted by atomic mass is 35.5. The minimum Gasteiger partial charge on any atom is -0.471 e. The Kier molecular flexibility index (Phi) is 5.96. The molecule has 12 heteroatoms. The zero-order chi connectivity index (χ0) is 22.0. The molecule has 0 atom stereocenters. The van der Waals surface area contributed by atoms with Crippen molar-refractivity contribution in [1.29, 1.82) is 0 Å². The topological polar surface area (TPSA) is 78.3 Å². The van der Waals surface area contributed by atoms with Gasteiger partial charge in [0.15, 0.2) is 17.6 Å². The molecular weight excluding hydrogens is 457 g/mol. The predicted octanol–water partition coefficient (Wildman–Crippen LogP) is 5.18. The van der Waals surface area contributed by atoms with Crippen molar-refractivity contribution >= 4 is 44.2 Å². The Morgan fingerprint density at radius 1 is 1.19 bits per heavy atom. The van der Waals surface area contributed by atoms with Crippen molar-refractivity contribution in [1.82, 2.24) is 14.8 Å². The molecule has 0 aliphatic heterocycles. The van der Waals surface area contributed by atoms with E-state index in [0.29, 0.717) is 16.0 Å². The van der Waals surface area contributed by atoms with Crippen LogP contribution in [0.15, 0.2) is 48.7 Å². The van der Waals surface area contributed by atoms with Gasteiger partial charge in [-0.3, -0.25) is 10.1 Å². The number of alkyl halides is 2. The lowest BCUT2D eigenvalue weighted by Gasteiger charge is -2.06. The second kappa shape index (κ2) is 8.82. The number of thiazole rings is 1. The molecule has 2 aromatic carbocycles. The van der Waals surface area contributed by atoms with Crippen LogP contribution >= 0.6 is 22.9 Å². The summed E-state index contributed by atoms with van der Waals surface area (Å²) >= 11 is 6.81. The van der Waals surface area contributed by atoms with Crippen LogP contribution in [0.4, 0.5) is 18.3 Å². The summed E-state index contributed by atoms with van der Waals surface area (Å²) in [5, 5.41) is 6.93. The lowest BCUT2D eigenvalue weighted by Crippen LogP contribution is -2.14. The zero-order valence-corrected chi connectivity index (χ0v) is 17.0. The van der Waals surface area contributed by atoms with E-state index in [1.165, 1.54) is 53.3 Å². The Balaban J connectivity index is 1.39. The maximum absolute atomic E-state index is 13.2. The number of fused-ring (bicyclic) bond motifs is 1. The third kappa shape index (κ3) is 5.06. The fourth-order valence-electron chi connectivity index (χ4n) is 2.56. The van der Waals surface area contributed by atoms with E-state index in [9.17, 15) is 18.0 Å². The number of anilines is 1. The van der Waals surface area contributed by atoms with Gasteiger partial charge in [0.25, 0.3) is 5.91 Å². The molecule has 4 rings (SSSR count). The van der Waals surface area contributed by atoms with Crippen LogP contribution in [0.5, 0.6) is 11.5 Å². The van der Waals surface area contributed by atoms with Crippen LogP contribution in [0.25, 0.3) is 10.2 Å². The van der Waals surface area contributed by atoms with Crippen LogP contribution in [-0.2, 0) is 6.73 Å². The highest BCUT2D eigenvalue weighted by molar-refractivity contribution is 7.22. The molecule has 160 valence electrons. The molecule has 1 N–H and O–H groups in total. The molecule has 0 fully saturated rings. The first-order chi connectivity index (χ1) is 14.9. The molecule has 4 aromatic rings. The zero-order valence-electron chi connectivity index (χ0n) is 15.4. The minimum absolute atomic E-state index is 0.00483. The Bertz CT molecular complexity index is 1250. The normalized spacial score (nSPS) is 11.1. The van der Waals surface area contributed by atoms with E-state index < -0.39 is 18.3 Å². The summed E-state index contributed by atoms with van der Waals surface area (Å²) in [5.74, 6) is -0.714. The summed E-state index contributed by atoms with van der Waals surface area (Å²) in [6.45, 7) is -2.95. The molecule has 2 heterocycles. The van der Waals surface area contributed by atoms with Crippen LogP contribution in [-0.4, -0.2) is 27.3 Å². The molecule has 0 bridgehead atoms. The summed E-state index contributed by atoms with van der Waals surface area (Å²) in [4.78, 5) is 16.7. The van der Waals surface area contributed by atoms with Crippen molar-refractivity contribution in [2.75, 3.05) is 5.32 Å². The van der Waals surface area contributed by atoms with E-state index >= 15 is 0 Å². The van der Waals surface area contributed by atoms with Gasteiger partial charge in [0, 0.05) is 12.3 Å². The van der Waals surface area contributed by atoms with Crippen molar-refractivity contribution in [3.8, 4) is 11.5 Å². The summed E-state index contributed by atoms with van der Waals surface area (Å²) in [5.41, 5.74) is 0.639. The van der Waals surface area contributed by atoms with Crippen molar-refractivity contribution in [3.63, 3.8) is 0 Å². The molecule has 7 nitrogen and oxygen atoms in total. The highest BCUT2D eigenvalue weighted by Gasteiger charge is 2.14. The van der Waals surface area contributed by atoms with E-state index in [-0.39, 0.29) is 28.3 Å². The minimum atomic E-state index is -2.93. The molecule has 0 unspecified atom stereocenters. The van der Waals surface area contributed by atoms with Crippen LogP contribution in [0, 0.1) is 5.82 Å². The third-order valence-electron chi connectivity index (χ3n) is 3.93. The fourth-order valence-corrected chi connectivity index (χ4v) is 3.62. The van der Waals surface area contributed by atoms with Crippen LogP contribution in [0.2, 0.25) is 5.02 Å². The van der Waals surface area contributed by atoms with E-state index in [1.54, 1.807) is 0 Å². The summed E-state index contributed by atoms with van der Waals surface area (Å²) < 4.78 is 49.6. The largest absolute Gasteiger partial charge is 0.471 e. The van der Waals surface area contributed by atoms with Crippen LogP contribution in [0.1, 0.15) is 10.5 Å². The first-order valence-electron chi connectivity index (χ1n) is 8.65. The maximum atomic E-state index is 13.2. The monoisotopic (exact) mass is 468 g/mol. The number of hydrogen-bond acceptors (Lipinski definition) is 6. The average molecular weight is 469 g/mol. The summed E-state index contributed by atoms with van der Waals surface area (Å²) in [6.07, 6.45) is 1.53. The van der Waals surface area contributed by atoms with Crippen molar-refractivity contribution in [3.05, 3.63) is 65.2 Å². The van der Waals surface area contributed by atoms with E-state index in [1.807, 2.05) is 0 Å². The second-order valence-corrected chi connectivity index (χ2v) is 7.51. The molecule has 0 radical (unpaired) electrons. The number of carbonyl (C=O) groups excluding carboxylic acids is 1. The van der Waals surface area contributed by atoms with E-state index in [4.69, 9.17) is 16.3 Å². The molecule has 2 aromatic heterocycles. The Hall–Kier alpha value is -3.31. The Morgan fingerprint density at radius 3 is 2.77 bits per heavy atom. The average Bonchev–Trinajstić information content (AvgIpc) is 3.34. The van der Waals surface area contributed by atoms with Crippen LogP contribution in [0.3, 0.4) is 0 Å². The van der Waals surface area contributed by atoms with Gasteiger partial charge in [0.05, 0.1) is 15.2 Å². The second-order valence-electron chi connectivity index (χ2n) is 6.07. The quantitative estimate of drug-likeness (QED) is 0.404. The number of hydrogen-bond donors (Lipinski definition) is 1. The van der Waals surface area contributed by atoms with Gasteiger partial charge in [-0.2, -0.15) is 13.9 Å². The number of ether oxygens (including phenoxy) is 2. The van der Waals surface area contributed by atoms with Crippen molar-refractivity contribution in [2.24, 2.45) is 0 Å². The SMILES string of the molecule is O=C(Nc1nc2ccc(OC(F)F)cc2s1)c1ccn(COc2ccc(F)c(Cl)c2)n1. The number of rotatable bonds is 7. The maximum Gasteiger partial charge on any atom is 0.387 e. The molecular formula is C19H12ClF3N4O3S. The van der Waals surface area contributed by atoms with Crippen molar-refractivity contribution < 1.29 is 27.4 Å². The van der Waals surface area contributed by atoms with Gasteiger partial charge in [0.2, 0.25) is 0 Å². The molecule has 0 saturated carbocycles. The molecule has 0 saturated heterocycles. The Morgan fingerprint density at radius 2 is 2.00 bits per heavy atom. The number of nitrogens with zero attached hydrogens (tertiary/aromatic N) is 3. The number of halogens is 4. The molecule has 31 heavy (non-hydrogen) atoms. The first kappa shape index (κ1) is 20.9. The number of aromatic nitrogens is 3. The predicted molar refractivity (Wildman–Crippen MR) is 108 cm³/mol. The summed E-state index contributed by atoms with van der Waals surface area (Å²) in [7, 11) is 0. The van der Waals surface area contributed by atoms with E-state index in [2.05, 4.69) is 20.1 Å². The Labute approximate surface area is 182 Å². The van der Waals surface area contributed by atoms with Gasteiger partial charge in [0.1, 0.15) is 17.3 Å². The molecule has 0 spiro atoms. The highest BCUT2D eigenvalue weighted by Crippen LogP contribution is 2.30. The van der Waals surface area contributed by atoms with Gasteiger partial charge in [-0.15, -0.1) is 0 Å². The van der Waals surface area contributed by atoms with Gasteiger partial charge in [-0.1, -0.05) is 22.9 Å². The van der Waals surface area contributed by atoms with Crippen molar-refractivity contribution in [2.45, 2.75) is 13.3 Å². The lowest BCUT2D eigenvalue weighted by atomic mass is 10.3. The smallest absolute Gasteiger partial charge is 0.387 e. The fraction of sp³-hybridized carbons (Fsp3) is 0.105. The van der Waals surface area contributed by atoms with Crippen LogP contribution < -0.4 is 14.8 Å². The van der Waals surface area contributed by atoms with Gasteiger partial charge >= 0.3 is 6.61 Å².